The zero-order valence-corrected chi connectivity index (χ0v) is 10.8. The molecule has 5 nitrogen and oxygen atoms in total. The Bertz CT molecular complexity index is 430. The van der Waals surface area contributed by atoms with Gasteiger partial charge in [0.25, 0.3) is 5.69 Å². The molecule has 0 aliphatic rings. The summed E-state index contributed by atoms with van der Waals surface area (Å²) in [7, 11) is 0. The zero-order valence-electron chi connectivity index (χ0n) is 10.8. The van der Waals surface area contributed by atoms with Crippen molar-refractivity contribution in [2.24, 2.45) is 0 Å². The molecule has 18 heavy (non-hydrogen) atoms. The third-order valence-electron chi connectivity index (χ3n) is 2.27. The van der Waals surface area contributed by atoms with Gasteiger partial charge in [-0.1, -0.05) is 6.07 Å². The topological polar surface area (TPSA) is 67.2 Å². The Balaban J connectivity index is 2.64. The molecule has 0 saturated heterocycles. The van der Waals surface area contributed by atoms with E-state index in [0.29, 0.717) is 13.1 Å². The monoisotopic (exact) mass is 255 g/mol. The zero-order chi connectivity index (χ0) is 13.8. The van der Waals surface area contributed by atoms with Crippen LogP contribution in [0.2, 0.25) is 0 Å². The van der Waals surface area contributed by atoms with Gasteiger partial charge in [0.05, 0.1) is 4.92 Å². The molecule has 100 valence electrons. The molecule has 0 amide bonds. The van der Waals surface area contributed by atoms with Crippen molar-refractivity contribution in [2.45, 2.75) is 26.3 Å². The van der Waals surface area contributed by atoms with Crippen molar-refractivity contribution in [1.29, 1.82) is 0 Å². The molecule has 0 aliphatic carbocycles. The van der Waals surface area contributed by atoms with Crippen molar-refractivity contribution in [3.63, 3.8) is 0 Å². The van der Waals surface area contributed by atoms with Crippen LogP contribution in [-0.4, -0.2) is 23.6 Å². The van der Waals surface area contributed by atoms with Crippen LogP contribution in [0.1, 0.15) is 20.8 Å². The van der Waals surface area contributed by atoms with Crippen LogP contribution in [-0.2, 0) is 0 Å². The number of halogens is 1. The summed E-state index contributed by atoms with van der Waals surface area (Å²) in [6.45, 7) is 7.05. The summed E-state index contributed by atoms with van der Waals surface area (Å²) < 4.78 is 13.5. The molecule has 0 heterocycles. The predicted molar refractivity (Wildman–Crippen MR) is 69.3 cm³/mol. The maximum atomic E-state index is 13.5. The summed E-state index contributed by atoms with van der Waals surface area (Å²) in [6, 6.07) is 3.81. The van der Waals surface area contributed by atoms with E-state index in [4.69, 9.17) is 0 Å². The van der Waals surface area contributed by atoms with Crippen LogP contribution in [0.3, 0.4) is 0 Å². The van der Waals surface area contributed by atoms with Crippen molar-refractivity contribution in [1.82, 2.24) is 5.32 Å². The molecule has 0 fully saturated rings. The molecular formula is C12H18FN3O2. The quantitative estimate of drug-likeness (QED) is 0.482. The lowest BCUT2D eigenvalue weighted by atomic mass is 10.1. The number of hydrogen-bond donors (Lipinski definition) is 2. The molecule has 1 aromatic carbocycles. The van der Waals surface area contributed by atoms with Crippen molar-refractivity contribution in [3.8, 4) is 0 Å². The van der Waals surface area contributed by atoms with Crippen LogP contribution >= 0.6 is 0 Å². The largest absolute Gasteiger partial charge is 0.376 e. The van der Waals surface area contributed by atoms with Gasteiger partial charge < -0.3 is 10.6 Å². The molecule has 2 N–H and O–H groups in total. The standard InChI is InChI=1S/C12H18FN3O2/c1-12(2,3)15-8-7-14-11-9(13)5-4-6-10(11)16(17)18/h4-6,14-15H,7-8H2,1-3H3. The van der Waals surface area contributed by atoms with Crippen LogP contribution in [0.5, 0.6) is 0 Å². The Labute approximate surface area is 106 Å². The minimum atomic E-state index is -0.611. The van der Waals surface area contributed by atoms with Crippen molar-refractivity contribution >= 4 is 11.4 Å². The molecular weight excluding hydrogens is 237 g/mol. The van der Waals surface area contributed by atoms with Crippen LogP contribution in [0.4, 0.5) is 15.8 Å². The number of nitro benzene ring substituents is 1. The minimum absolute atomic E-state index is 0.0388. The lowest BCUT2D eigenvalue weighted by Gasteiger charge is -2.20. The fourth-order valence-electron chi connectivity index (χ4n) is 1.46. The van der Waals surface area contributed by atoms with E-state index in [1.165, 1.54) is 18.2 Å². The van der Waals surface area contributed by atoms with E-state index in [-0.39, 0.29) is 16.9 Å². The number of nitrogens with one attached hydrogen (secondary N) is 2. The molecule has 0 aromatic heterocycles. The molecule has 0 bridgehead atoms. The van der Waals surface area contributed by atoms with E-state index in [0.717, 1.165) is 0 Å². The van der Waals surface area contributed by atoms with Gasteiger partial charge >= 0.3 is 0 Å². The molecule has 0 unspecified atom stereocenters. The summed E-state index contributed by atoms with van der Waals surface area (Å²) in [4.78, 5) is 10.2. The fourth-order valence-corrected chi connectivity index (χ4v) is 1.46. The Morgan fingerprint density at radius 3 is 2.56 bits per heavy atom. The Morgan fingerprint density at radius 2 is 2.00 bits per heavy atom. The summed E-state index contributed by atoms with van der Waals surface area (Å²) in [5.74, 6) is -0.611. The lowest BCUT2D eigenvalue weighted by Crippen LogP contribution is -2.38. The van der Waals surface area contributed by atoms with Gasteiger partial charge in [0.2, 0.25) is 0 Å². The average Bonchev–Trinajstić information content (AvgIpc) is 2.24. The van der Waals surface area contributed by atoms with Gasteiger partial charge in [0.15, 0.2) is 5.82 Å². The lowest BCUT2D eigenvalue weighted by molar-refractivity contribution is -0.384. The van der Waals surface area contributed by atoms with Gasteiger partial charge in [0, 0.05) is 24.7 Å². The Morgan fingerprint density at radius 1 is 1.33 bits per heavy atom. The number of nitrogens with zero attached hydrogens (tertiary/aromatic N) is 1. The van der Waals surface area contributed by atoms with E-state index < -0.39 is 10.7 Å². The highest BCUT2D eigenvalue weighted by molar-refractivity contribution is 5.62. The number of anilines is 1. The second kappa shape index (κ2) is 5.77. The minimum Gasteiger partial charge on any atom is -0.376 e. The van der Waals surface area contributed by atoms with Crippen molar-refractivity contribution in [3.05, 3.63) is 34.1 Å². The number of benzene rings is 1. The Hall–Kier alpha value is -1.69. The van der Waals surface area contributed by atoms with E-state index in [9.17, 15) is 14.5 Å². The van der Waals surface area contributed by atoms with Gasteiger partial charge in [-0.3, -0.25) is 10.1 Å². The molecule has 1 aromatic rings. The Kier molecular flexibility index (Phi) is 4.61. The van der Waals surface area contributed by atoms with Crippen molar-refractivity contribution in [2.75, 3.05) is 18.4 Å². The van der Waals surface area contributed by atoms with E-state index >= 15 is 0 Å². The molecule has 1 rings (SSSR count). The van der Waals surface area contributed by atoms with Gasteiger partial charge in [0.1, 0.15) is 5.69 Å². The molecule has 0 spiro atoms. The first-order valence-corrected chi connectivity index (χ1v) is 5.73. The first kappa shape index (κ1) is 14.4. The second-order valence-electron chi connectivity index (χ2n) is 4.99. The third-order valence-corrected chi connectivity index (χ3v) is 2.27. The summed E-state index contributed by atoms with van der Waals surface area (Å²) in [5.41, 5.74) is -0.341. The maximum Gasteiger partial charge on any atom is 0.295 e. The van der Waals surface area contributed by atoms with Crippen LogP contribution in [0.25, 0.3) is 0 Å². The van der Waals surface area contributed by atoms with Crippen LogP contribution < -0.4 is 10.6 Å². The highest BCUT2D eigenvalue weighted by Crippen LogP contribution is 2.26. The van der Waals surface area contributed by atoms with Gasteiger partial charge in [-0.05, 0) is 26.8 Å². The highest BCUT2D eigenvalue weighted by atomic mass is 19.1. The van der Waals surface area contributed by atoms with Crippen molar-refractivity contribution < 1.29 is 9.31 Å². The normalized spacial score (nSPS) is 11.3. The summed E-state index contributed by atoms with van der Waals surface area (Å²) >= 11 is 0. The molecule has 0 saturated carbocycles. The number of nitro groups is 1. The SMILES string of the molecule is CC(C)(C)NCCNc1c(F)cccc1[N+](=O)[O-]. The first-order chi connectivity index (χ1) is 8.31. The second-order valence-corrected chi connectivity index (χ2v) is 4.99. The third kappa shape index (κ3) is 4.29. The maximum absolute atomic E-state index is 13.5. The van der Waals surface area contributed by atoms with Crippen LogP contribution in [0.15, 0.2) is 18.2 Å². The van der Waals surface area contributed by atoms with Crippen LogP contribution in [0, 0.1) is 15.9 Å². The van der Waals surface area contributed by atoms with E-state index in [1.54, 1.807) is 0 Å². The number of hydrogen-bond acceptors (Lipinski definition) is 4. The molecule has 6 heteroatoms. The fraction of sp³-hybridized carbons (Fsp3) is 0.500. The molecule has 0 aliphatic heterocycles. The molecule has 0 atom stereocenters. The van der Waals surface area contributed by atoms with Gasteiger partial charge in [-0.2, -0.15) is 0 Å². The van der Waals surface area contributed by atoms with E-state index in [1.807, 2.05) is 20.8 Å². The smallest absolute Gasteiger partial charge is 0.295 e. The number of rotatable bonds is 5. The first-order valence-electron chi connectivity index (χ1n) is 5.73. The summed E-state index contributed by atoms with van der Waals surface area (Å²) in [6.07, 6.45) is 0. The predicted octanol–water partition coefficient (Wildman–Crippen LogP) is 2.53. The summed E-state index contributed by atoms with van der Waals surface area (Å²) in [5, 5.41) is 16.7. The highest BCUT2D eigenvalue weighted by Gasteiger charge is 2.17. The molecule has 0 radical (unpaired) electrons. The average molecular weight is 255 g/mol. The number of para-hydroxylation sites is 1. The van der Waals surface area contributed by atoms with Gasteiger partial charge in [-0.25, -0.2) is 4.39 Å². The van der Waals surface area contributed by atoms with E-state index in [2.05, 4.69) is 10.6 Å². The van der Waals surface area contributed by atoms with Gasteiger partial charge in [-0.15, -0.1) is 0 Å².